The van der Waals surface area contributed by atoms with Gasteiger partial charge in [-0.05, 0) is 13.0 Å². The molecular formula is C6H14FN3. The highest BCUT2D eigenvalue weighted by molar-refractivity contribution is 4.78. The van der Waals surface area contributed by atoms with E-state index in [9.17, 15) is 4.39 Å². The molecule has 2 atom stereocenters. The molecule has 0 aromatic heterocycles. The smallest absolute Gasteiger partial charge is 0.117 e. The van der Waals surface area contributed by atoms with Gasteiger partial charge in [-0.15, -0.1) is 0 Å². The zero-order valence-corrected chi connectivity index (χ0v) is 5.94. The van der Waals surface area contributed by atoms with Crippen molar-refractivity contribution in [2.75, 3.05) is 19.6 Å². The Bertz CT molecular complexity index is 97.0. The summed E-state index contributed by atoms with van der Waals surface area (Å²) in [5.74, 6) is 5.19. The number of halogens is 1. The van der Waals surface area contributed by atoms with Crippen LogP contribution in [0.4, 0.5) is 4.39 Å². The third kappa shape index (κ3) is 1.90. The van der Waals surface area contributed by atoms with Crippen LogP contribution in [-0.4, -0.2) is 25.8 Å². The van der Waals surface area contributed by atoms with Gasteiger partial charge >= 0.3 is 0 Å². The van der Waals surface area contributed by atoms with Crippen molar-refractivity contribution in [2.24, 2.45) is 11.8 Å². The molecule has 0 amide bonds. The number of hydrogen-bond acceptors (Lipinski definition) is 3. The van der Waals surface area contributed by atoms with Crippen LogP contribution in [0.25, 0.3) is 0 Å². The standard InChI is InChI=1S/C6H14FN3/c7-6-4-9-2-1-5(6)3-10-8/h5-6,9-10H,1-4,8H2/t5?,6-/m0/s1. The Morgan fingerprint density at radius 2 is 2.50 bits per heavy atom. The predicted octanol–water partition coefficient (Wildman–Crippen LogP) is -0.603. The van der Waals surface area contributed by atoms with E-state index in [0.717, 1.165) is 13.0 Å². The first-order valence-corrected chi connectivity index (χ1v) is 3.63. The Balaban J connectivity index is 2.25. The second kappa shape index (κ2) is 3.85. The van der Waals surface area contributed by atoms with E-state index in [2.05, 4.69) is 10.7 Å². The van der Waals surface area contributed by atoms with Gasteiger partial charge in [-0.3, -0.25) is 11.3 Å². The van der Waals surface area contributed by atoms with Gasteiger partial charge in [0.2, 0.25) is 0 Å². The molecule has 0 bridgehead atoms. The number of alkyl halides is 1. The monoisotopic (exact) mass is 147 g/mol. The second-order valence-electron chi connectivity index (χ2n) is 2.68. The van der Waals surface area contributed by atoms with E-state index in [1.165, 1.54) is 0 Å². The van der Waals surface area contributed by atoms with Gasteiger partial charge in [0.1, 0.15) is 6.17 Å². The first-order valence-electron chi connectivity index (χ1n) is 3.63. The summed E-state index contributed by atoms with van der Waals surface area (Å²) in [6.45, 7) is 1.97. The zero-order valence-electron chi connectivity index (χ0n) is 5.94. The largest absolute Gasteiger partial charge is 0.314 e. The number of nitrogens with one attached hydrogen (secondary N) is 2. The van der Waals surface area contributed by atoms with Crippen LogP contribution in [0.2, 0.25) is 0 Å². The first-order chi connectivity index (χ1) is 4.84. The van der Waals surface area contributed by atoms with Crippen LogP contribution < -0.4 is 16.6 Å². The minimum atomic E-state index is -0.732. The number of nitrogens with two attached hydrogens (primary N) is 1. The van der Waals surface area contributed by atoms with Gasteiger partial charge in [-0.25, -0.2) is 4.39 Å². The van der Waals surface area contributed by atoms with Crippen molar-refractivity contribution in [3.05, 3.63) is 0 Å². The highest BCUT2D eigenvalue weighted by atomic mass is 19.1. The van der Waals surface area contributed by atoms with Gasteiger partial charge in [-0.1, -0.05) is 0 Å². The SMILES string of the molecule is NNCC1CCNC[C@@H]1F. The lowest BCUT2D eigenvalue weighted by Gasteiger charge is -2.25. The summed E-state index contributed by atoms with van der Waals surface area (Å²) in [5.41, 5.74) is 2.50. The summed E-state index contributed by atoms with van der Waals surface area (Å²) in [7, 11) is 0. The minimum absolute atomic E-state index is 0.103. The summed E-state index contributed by atoms with van der Waals surface area (Å²) in [6, 6.07) is 0. The maximum atomic E-state index is 12.9. The van der Waals surface area contributed by atoms with Gasteiger partial charge in [0.25, 0.3) is 0 Å². The van der Waals surface area contributed by atoms with Crippen molar-refractivity contribution in [1.29, 1.82) is 0 Å². The van der Waals surface area contributed by atoms with Gasteiger partial charge in [0.15, 0.2) is 0 Å². The number of rotatable bonds is 2. The summed E-state index contributed by atoms with van der Waals surface area (Å²) in [4.78, 5) is 0. The maximum Gasteiger partial charge on any atom is 0.117 e. The molecule has 0 aromatic rings. The van der Waals surface area contributed by atoms with Crippen LogP contribution in [0.3, 0.4) is 0 Å². The molecule has 0 radical (unpaired) electrons. The van der Waals surface area contributed by atoms with Crippen molar-refractivity contribution in [1.82, 2.24) is 10.7 Å². The number of hydrazine groups is 1. The number of piperidine rings is 1. The zero-order chi connectivity index (χ0) is 7.40. The fourth-order valence-corrected chi connectivity index (χ4v) is 1.26. The van der Waals surface area contributed by atoms with Crippen LogP contribution in [0.5, 0.6) is 0 Å². The molecule has 4 heteroatoms. The molecule has 0 aromatic carbocycles. The number of hydrogen-bond donors (Lipinski definition) is 3. The third-order valence-electron chi connectivity index (χ3n) is 1.92. The van der Waals surface area contributed by atoms with Gasteiger partial charge < -0.3 is 5.32 Å². The summed E-state index contributed by atoms with van der Waals surface area (Å²) < 4.78 is 12.9. The highest BCUT2D eigenvalue weighted by Gasteiger charge is 2.23. The Kier molecular flexibility index (Phi) is 3.05. The van der Waals surface area contributed by atoms with E-state index in [0.29, 0.717) is 13.1 Å². The van der Waals surface area contributed by atoms with Gasteiger partial charge in [0.05, 0.1) is 0 Å². The fraction of sp³-hybridized carbons (Fsp3) is 1.00. The summed E-state index contributed by atoms with van der Waals surface area (Å²) in [5, 5.41) is 2.98. The summed E-state index contributed by atoms with van der Waals surface area (Å²) >= 11 is 0. The topological polar surface area (TPSA) is 50.1 Å². The molecule has 1 aliphatic heterocycles. The van der Waals surface area contributed by atoms with Crippen LogP contribution in [0.15, 0.2) is 0 Å². The van der Waals surface area contributed by atoms with Gasteiger partial charge in [-0.2, -0.15) is 0 Å². The Morgan fingerprint density at radius 1 is 1.70 bits per heavy atom. The molecule has 1 unspecified atom stereocenters. The Labute approximate surface area is 60.1 Å². The van der Waals surface area contributed by atoms with E-state index in [1.54, 1.807) is 0 Å². The van der Waals surface area contributed by atoms with E-state index in [1.807, 2.05) is 0 Å². The molecule has 0 spiro atoms. The highest BCUT2D eigenvalue weighted by Crippen LogP contribution is 2.13. The molecule has 1 heterocycles. The molecule has 1 aliphatic rings. The third-order valence-corrected chi connectivity index (χ3v) is 1.92. The van der Waals surface area contributed by atoms with E-state index < -0.39 is 6.17 Å². The average Bonchev–Trinajstić information content (AvgIpc) is 1.94. The fourth-order valence-electron chi connectivity index (χ4n) is 1.26. The van der Waals surface area contributed by atoms with E-state index in [-0.39, 0.29) is 5.92 Å². The first kappa shape index (κ1) is 7.91. The average molecular weight is 147 g/mol. The van der Waals surface area contributed by atoms with Crippen molar-refractivity contribution in [3.63, 3.8) is 0 Å². The van der Waals surface area contributed by atoms with E-state index >= 15 is 0 Å². The minimum Gasteiger partial charge on any atom is -0.314 e. The van der Waals surface area contributed by atoms with Crippen LogP contribution in [0.1, 0.15) is 6.42 Å². The normalized spacial score (nSPS) is 34.2. The molecule has 4 N–H and O–H groups in total. The summed E-state index contributed by atoms with van der Waals surface area (Å²) in [6.07, 6.45) is 0.149. The molecule has 0 aliphatic carbocycles. The maximum absolute atomic E-state index is 12.9. The van der Waals surface area contributed by atoms with Crippen molar-refractivity contribution in [3.8, 4) is 0 Å². The molecule has 1 saturated heterocycles. The van der Waals surface area contributed by atoms with Crippen LogP contribution >= 0.6 is 0 Å². The van der Waals surface area contributed by atoms with E-state index in [4.69, 9.17) is 5.84 Å². The van der Waals surface area contributed by atoms with Crippen LogP contribution in [-0.2, 0) is 0 Å². The molecule has 60 valence electrons. The van der Waals surface area contributed by atoms with Gasteiger partial charge in [0, 0.05) is 19.0 Å². The van der Waals surface area contributed by atoms with Crippen molar-refractivity contribution >= 4 is 0 Å². The quantitative estimate of drug-likeness (QED) is 0.361. The molecule has 10 heavy (non-hydrogen) atoms. The lowest BCUT2D eigenvalue weighted by molar-refractivity contribution is 0.177. The molecular weight excluding hydrogens is 133 g/mol. The lowest BCUT2D eigenvalue weighted by atomic mass is 9.97. The van der Waals surface area contributed by atoms with Crippen LogP contribution in [0, 0.1) is 5.92 Å². The Morgan fingerprint density at radius 3 is 3.10 bits per heavy atom. The molecule has 1 rings (SSSR count). The second-order valence-corrected chi connectivity index (χ2v) is 2.68. The molecule has 3 nitrogen and oxygen atoms in total. The lowest BCUT2D eigenvalue weighted by Crippen LogP contribution is -2.43. The van der Waals surface area contributed by atoms with Crippen molar-refractivity contribution < 1.29 is 4.39 Å². The molecule has 0 saturated carbocycles. The van der Waals surface area contributed by atoms with Crippen molar-refractivity contribution in [2.45, 2.75) is 12.6 Å². The molecule has 1 fully saturated rings. The predicted molar refractivity (Wildman–Crippen MR) is 38.1 cm³/mol. The Hall–Kier alpha value is -0.190.